The molecule has 0 saturated heterocycles. The fourth-order valence-electron chi connectivity index (χ4n) is 2.56. The molecule has 0 spiro atoms. The Morgan fingerprint density at radius 3 is 2.81 bits per heavy atom. The molecule has 3 rings (SSSR count). The Morgan fingerprint density at radius 2 is 2.24 bits per heavy atom. The van der Waals surface area contributed by atoms with Gasteiger partial charge in [-0.25, -0.2) is 0 Å². The molecular formula is C15H16N4OS. The van der Waals surface area contributed by atoms with Gasteiger partial charge in [-0.3, -0.25) is 5.10 Å². The smallest absolute Gasteiger partial charge is 0.244 e. The minimum Gasteiger partial charge on any atom is -0.420 e. The highest BCUT2D eigenvalue weighted by atomic mass is 32.1. The molecule has 5 nitrogen and oxygen atoms in total. The number of rotatable bonds is 1. The summed E-state index contributed by atoms with van der Waals surface area (Å²) in [5.74, 6) is 0.386. The van der Waals surface area contributed by atoms with Crippen molar-refractivity contribution < 1.29 is 4.74 Å². The first kappa shape index (κ1) is 13.7. The lowest BCUT2D eigenvalue weighted by Crippen LogP contribution is -2.23. The van der Waals surface area contributed by atoms with Gasteiger partial charge in [-0.05, 0) is 11.4 Å². The second kappa shape index (κ2) is 4.64. The molecule has 0 saturated carbocycles. The quantitative estimate of drug-likeness (QED) is 0.847. The van der Waals surface area contributed by atoms with E-state index < -0.39 is 0 Å². The number of thiophene rings is 1. The van der Waals surface area contributed by atoms with Crippen LogP contribution in [0.3, 0.4) is 0 Å². The van der Waals surface area contributed by atoms with Crippen LogP contribution in [0.15, 0.2) is 29.0 Å². The molecule has 3 N–H and O–H groups in total. The van der Waals surface area contributed by atoms with Crippen molar-refractivity contribution in [2.45, 2.75) is 32.1 Å². The van der Waals surface area contributed by atoms with E-state index >= 15 is 0 Å². The van der Waals surface area contributed by atoms with Crippen LogP contribution in [-0.2, 0) is 5.41 Å². The van der Waals surface area contributed by atoms with Crippen molar-refractivity contribution in [2.75, 3.05) is 0 Å². The summed E-state index contributed by atoms with van der Waals surface area (Å²) in [4.78, 5) is 1.06. The summed E-state index contributed by atoms with van der Waals surface area (Å²) < 4.78 is 5.54. The first-order chi connectivity index (χ1) is 9.93. The van der Waals surface area contributed by atoms with Gasteiger partial charge in [-0.2, -0.15) is 5.26 Å². The molecule has 0 fully saturated rings. The first-order valence-corrected chi connectivity index (χ1v) is 7.51. The standard InChI is InChI=1S/C15H16N4OS/c1-15(2,3)12-11-10(9-5-4-6-21-9)8(7-16)13(17)20-14(11)19-18-12/h4-6,10H,17H2,1-3H3,(H,18,19). The highest BCUT2D eigenvalue weighted by Gasteiger charge is 2.38. The monoisotopic (exact) mass is 300 g/mol. The van der Waals surface area contributed by atoms with Crippen LogP contribution >= 0.6 is 11.3 Å². The van der Waals surface area contributed by atoms with Gasteiger partial charge in [-0.1, -0.05) is 26.8 Å². The molecule has 6 heteroatoms. The van der Waals surface area contributed by atoms with Gasteiger partial charge in [0.2, 0.25) is 11.8 Å². The second-order valence-electron chi connectivity index (χ2n) is 6.01. The highest BCUT2D eigenvalue weighted by Crippen LogP contribution is 2.46. The average molecular weight is 300 g/mol. The molecule has 1 aliphatic heterocycles. The van der Waals surface area contributed by atoms with E-state index in [9.17, 15) is 5.26 Å². The van der Waals surface area contributed by atoms with E-state index in [1.807, 2.05) is 17.5 Å². The molecule has 1 unspecified atom stereocenters. The number of allylic oxidation sites excluding steroid dienone is 1. The molecule has 0 bridgehead atoms. The van der Waals surface area contributed by atoms with Crippen LogP contribution in [0.2, 0.25) is 0 Å². The number of hydrogen-bond donors (Lipinski definition) is 2. The number of nitriles is 1. The van der Waals surface area contributed by atoms with Crippen molar-refractivity contribution in [3.05, 3.63) is 45.1 Å². The summed E-state index contributed by atoms with van der Waals surface area (Å²) in [5, 5.41) is 18.8. The van der Waals surface area contributed by atoms with Crippen LogP contribution in [0.25, 0.3) is 0 Å². The van der Waals surface area contributed by atoms with Gasteiger partial charge in [0.1, 0.15) is 11.6 Å². The zero-order valence-electron chi connectivity index (χ0n) is 12.1. The molecule has 1 aliphatic rings. The molecule has 2 aromatic rings. The largest absolute Gasteiger partial charge is 0.420 e. The average Bonchev–Trinajstić information content (AvgIpc) is 3.04. The van der Waals surface area contributed by atoms with Gasteiger partial charge in [0.05, 0.1) is 11.5 Å². The van der Waals surface area contributed by atoms with Crippen molar-refractivity contribution in [3.8, 4) is 11.9 Å². The lowest BCUT2D eigenvalue weighted by atomic mass is 9.81. The van der Waals surface area contributed by atoms with Crippen molar-refractivity contribution in [2.24, 2.45) is 5.73 Å². The summed E-state index contributed by atoms with van der Waals surface area (Å²) in [5.41, 5.74) is 8.09. The van der Waals surface area contributed by atoms with Crippen molar-refractivity contribution in [1.82, 2.24) is 10.2 Å². The number of aromatic nitrogens is 2. The molecule has 0 radical (unpaired) electrons. The number of nitrogens with one attached hydrogen (secondary N) is 1. The topological polar surface area (TPSA) is 87.7 Å². The molecular weight excluding hydrogens is 284 g/mol. The number of ether oxygens (including phenoxy) is 1. The van der Waals surface area contributed by atoms with Gasteiger partial charge in [0, 0.05) is 16.0 Å². The van der Waals surface area contributed by atoms with E-state index in [4.69, 9.17) is 10.5 Å². The summed E-state index contributed by atoms with van der Waals surface area (Å²) in [7, 11) is 0. The van der Waals surface area contributed by atoms with Crippen molar-refractivity contribution in [3.63, 3.8) is 0 Å². The van der Waals surface area contributed by atoms with Crippen molar-refractivity contribution in [1.29, 1.82) is 5.26 Å². The Kier molecular flexibility index (Phi) is 3.03. The van der Waals surface area contributed by atoms with Crippen LogP contribution in [0, 0.1) is 11.3 Å². The minimum atomic E-state index is -0.216. The lowest BCUT2D eigenvalue weighted by Gasteiger charge is -2.26. The van der Waals surface area contributed by atoms with E-state index in [0.29, 0.717) is 11.5 Å². The number of fused-ring (bicyclic) bond motifs is 1. The van der Waals surface area contributed by atoms with E-state index in [0.717, 1.165) is 16.1 Å². The van der Waals surface area contributed by atoms with Crippen LogP contribution in [-0.4, -0.2) is 10.2 Å². The molecule has 0 aromatic carbocycles. The second-order valence-corrected chi connectivity index (χ2v) is 6.99. The normalized spacial score (nSPS) is 18.1. The Labute approximate surface area is 127 Å². The minimum absolute atomic E-state index is 0.133. The summed E-state index contributed by atoms with van der Waals surface area (Å²) in [6.07, 6.45) is 0. The third-order valence-corrected chi connectivity index (χ3v) is 4.45. The third-order valence-electron chi connectivity index (χ3n) is 3.52. The molecule has 1 atom stereocenters. The number of H-pyrrole nitrogens is 1. The number of hydrogen-bond acceptors (Lipinski definition) is 5. The predicted octanol–water partition coefficient (Wildman–Crippen LogP) is 2.99. The van der Waals surface area contributed by atoms with E-state index in [1.165, 1.54) is 0 Å². The van der Waals surface area contributed by atoms with Crippen LogP contribution in [0.5, 0.6) is 5.88 Å². The number of nitrogens with zero attached hydrogens (tertiary/aromatic N) is 2. The van der Waals surface area contributed by atoms with Gasteiger partial charge in [0.15, 0.2) is 0 Å². The van der Waals surface area contributed by atoms with E-state index in [1.54, 1.807) is 11.3 Å². The first-order valence-electron chi connectivity index (χ1n) is 6.63. The molecule has 108 valence electrons. The van der Waals surface area contributed by atoms with Crippen molar-refractivity contribution >= 4 is 11.3 Å². The molecule has 2 aromatic heterocycles. The molecule has 21 heavy (non-hydrogen) atoms. The Bertz CT molecular complexity index is 744. The predicted molar refractivity (Wildman–Crippen MR) is 80.9 cm³/mol. The summed E-state index contributed by atoms with van der Waals surface area (Å²) in [6.45, 7) is 6.29. The SMILES string of the molecule is CC(C)(C)c1[nH]nc2c1C(c1cccs1)C(C#N)=C(N)O2. The maximum Gasteiger partial charge on any atom is 0.244 e. The van der Waals surface area contributed by atoms with Crippen LogP contribution < -0.4 is 10.5 Å². The van der Waals surface area contributed by atoms with Crippen LogP contribution in [0.4, 0.5) is 0 Å². The van der Waals surface area contributed by atoms with Gasteiger partial charge in [0.25, 0.3) is 0 Å². The zero-order chi connectivity index (χ0) is 15.2. The van der Waals surface area contributed by atoms with Crippen LogP contribution in [0.1, 0.15) is 42.8 Å². The highest BCUT2D eigenvalue weighted by molar-refractivity contribution is 7.10. The van der Waals surface area contributed by atoms with Gasteiger partial charge < -0.3 is 10.5 Å². The Balaban J connectivity index is 2.26. The van der Waals surface area contributed by atoms with E-state index in [2.05, 4.69) is 37.0 Å². The Hall–Kier alpha value is -2.26. The lowest BCUT2D eigenvalue weighted by molar-refractivity contribution is 0.378. The Morgan fingerprint density at radius 1 is 1.48 bits per heavy atom. The number of nitrogens with two attached hydrogens (primary N) is 1. The fourth-order valence-corrected chi connectivity index (χ4v) is 3.40. The summed E-state index contributed by atoms with van der Waals surface area (Å²) in [6, 6.07) is 6.17. The summed E-state index contributed by atoms with van der Waals surface area (Å²) >= 11 is 1.60. The van der Waals surface area contributed by atoms with E-state index in [-0.39, 0.29) is 17.2 Å². The van der Waals surface area contributed by atoms with Gasteiger partial charge in [-0.15, -0.1) is 16.4 Å². The number of aromatic amines is 1. The zero-order valence-corrected chi connectivity index (χ0v) is 12.9. The molecule has 3 heterocycles. The van der Waals surface area contributed by atoms with Gasteiger partial charge >= 0.3 is 0 Å². The molecule has 0 amide bonds. The molecule has 0 aliphatic carbocycles. The third kappa shape index (κ3) is 2.10. The maximum atomic E-state index is 9.49. The maximum absolute atomic E-state index is 9.49. The fraction of sp³-hybridized carbons (Fsp3) is 0.333.